The van der Waals surface area contributed by atoms with Gasteiger partial charge in [0.05, 0.1) is 12.5 Å². The van der Waals surface area contributed by atoms with Crippen LogP contribution in [0.5, 0.6) is 0 Å². The van der Waals surface area contributed by atoms with Crippen LogP contribution < -0.4 is 0 Å². The Morgan fingerprint density at radius 3 is 2.18 bits per heavy atom. The molecule has 0 aliphatic carbocycles. The van der Waals surface area contributed by atoms with Gasteiger partial charge in [0.2, 0.25) is 0 Å². The van der Waals surface area contributed by atoms with E-state index >= 15 is 0 Å². The fraction of sp³-hybridized carbons (Fsp3) is 0.643. The van der Waals surface area contributed by atoms with Gasteiger partial charge in [-0.3, -0.25) is 0 Å². The first kappa shape index (κ1) is 19.7. The average Bonchev–Trinajstić information content (AvgIpc) is 3.11. The fourth-order valence-electron chi connectivity index (χ4n) is 1.41. The van der Waals surface area contributed by atoms with Gasteiger partial charge in [0.25, 0.3) is 0 Å². The molecule has 0 bridgehead atoms. The van der Waals surface area contributed by atoms with Crippen molar-refractivity contribution in [3.05, 3.63) is 24.6 Å². The monoisotopic (exact) mass is 309 g/mol. The summed E-state index contributed by atoms with van der Waals surface area (Å²) in [4.78, 5) is 7.28. The van der Waals surface area contributed by atoms with E-state index in [2.05, 4.69) is 20.2 Å². The van der Waals surface area contributed by atoms with E-state index in [1.165, 1.54) is 17.3 Å². The first-order valence-electron chi connectivity index (χ1n) is 7.27. The third-order valence-corrected chi connectivity index (χ3v) is 2.38. The van der Waals surface area contributed by atoms with Crippen molar-refractivity contribution in [1.82, 2.24) is 29.5 Å². The highest BCUT2D eigenvalue weighted by Crippen LogP contribution is 2.04. The molecule has 0 unspecified atom stereocenters. The summed E-state index contributed by atoms with van der Waals surface area (Å²) in [6, 6.07) is 2.50. The molecule has 2 aromatic rings. The van der Waals surface area contributed by atoms with Crippen LogP contribution in [-0.2, 0) is 6.42 Å². The molecule has 7 nitrogen and oxygen atoms in total. The largest absolute Gasteiger partial charge is 0.327 e. The molecule has 0 aliphatic heterocycles. The molecule has 0 fully saturated rings. The maximum atomic E-state index is 12.0. The highest BCUT2D eigenvalue weighted by atomic mass is 19.1. The normalized spacial score (nSPS) is 9.64. The second-order valence-electron chi connectivity index (χ2n) is 4.64. The van der Waals surface area contributed by atoms with Gasteiger partial charge < -0.3 is 0 Å². The number of aromatic nitrogens is 6. The Labute approximate surface area is 130 Å². The molecule has 2 aromatic heterocycles. The van der Waals surface area contributed by atoms with E-state index in [9.17, 15) is 4.39 Å². The van der Waals surface area contributed by atoms with E-state index in [4.69, 9.17) is 5.26 Å². The average molecular weight is 309 g/mol. The molecule has 2 heterocycles. The molecule has 122 valence electrons. The molecule has 22 heavy (non-hydrogen) atoms. The molecule has 0 spiro atoms. The Hall–Kier alpha value is -2.30. The quantitative estimate of drug-likeness (QED) is 0.870. The Bertz CT molecular complexity index is 566. The lowest BCUT2D eigenvalue weighted by molar-refractivity contribution is 0.476. The van der Waals surface area contributed by atoms with Gasteiger partial charge in [-0.2, -0.15) is 19.7 Å². The van der Waals surface area contributed by atoms with Crippen LogP contribution in [-0.4, -0.2) is 29.5 Å². The SMILES string of the molecule is CC.CC(C)n1cnc(F)n1.CC(C)n1ncnc1CC#N. The molecular weight excluding hydrogens is 285 g/mol. The summed E-state index contributed by atoms with van der Waals surface area (Å²) < 4.78 is 15.3. The van der Waals surface area contributed by atoms with Gasteiger partial charge in [0, 0.05) is 12.1 Å². The van der Waals surface area contributed by atoms with Crippen LogP contribution in [0.25, 0.3) is 0 Å². The summed E-state index contributed by atoms with van der Waals surface area (Å²) in [7, 11) is 0. The Balaban J connectivity index is 0.000000366. The molecule has 0 radical (unpaired) electrons. The Morgan fingerprint density at radius 1 is 1.18 bits per heavy atom. The number of hydrogen-bond acceptors (Lipinski definition) is 5. The minimum atomic E-state index is -0.663. The van der Waals surface area contributed by atoms with Gasteiger partial charge in [-0.25, -0.2) is 14.3 Å². The number of hydrogen-bond donors (Lipinski definition) is 0. The summed E-state index contributed by atoms with van der Waals surface area (Å²) in [6.45, 7) is 11.8. The van der Waals surface area contributed by atoms with Crippen molar-refractivity contribution in [3.63, 3.8) is 0 Å². The van der Waals surface area contributed by atoms with E-state index in [-0.39, 0.29) is 12.1 Å². The maximum absolute atomic E-state index is 12.0. The minimum absolute atomic E-state index is 0.182. The van der Waals surface area contributed by atoms with E-state index in [1.54, 1.807) is 4.68 Å². The second-order valence-corrected chi connectivity index (χ2v) is 4.64. The van der Waals surface area contributed by atoms with E-state index in [1.807, 2.05) is 47.6 Å². The van der Waals surface area contributed by atoms with Crippen LogP contribution in [0.4, 0.5) is 4.39 Å². The van der Waals surface area contributed by atoms with Crippen molar-refractivity contribution >= 4 is 0 Å². The molecule has 0 aromatic carbocycles. The molecule has 0 saturated carbocycles. The zero-order valence-electron chi connectivity index (χ0n) is 14.0. The zero-order valence-corrected chi connectivity index (χ0v) is 14.0. The van der Waals surface area contributed by atoms with Crippen molar-refractivity contribution in [3.8, 4) is 6.07 Å². The van der Waals surface area contributed by atoms with Gasteiger partial charge in [-0.1, -0.05) is 13.8 Å². The highest BCUT2D eigenvalue weighted by Gasteiger charge is 2.05. The lowest BCUT2D eigenvalue weighted by Crippen LogP contribution is -2.07. The molecule has 8 heteroatoms. The van der Waals surface area contributed by atoms with Gasteiger partial charge in [0.15, 0.2) is 0 Å². The van der Waals surface area contributed by atoms with Crippen molar-refractivity contribution < 1.29 is 4.39 Å². The minimum Gasteiger partial charge on any atom is -0.248 e. The maximum Gasteiger partial charge on any atom is 0.327 e. The first-order valence-corrected chi connectivity index (χ1v) is 7.27. The number of nitriles is 1. The van der Waals surface area contributed by atoms with E-state index in [0.29, 0.717) is 6.42 Å². The predicted octanol–water partition coefficient (Wildman–Crippen LogP) is 2.95. The third kappa shape index (κ3) is 6.43. The van der Waals surface area contributed by atoms with Crippen LogP contribution >= 0.6 is 0 Å². The van der Waals surface area contributed by atoms with Crippen molar-refractivity contribution in [2.45, 2.75) is 60.0 Å². The molecule has 0 aliphatic rings. The van der Waals surface area contributed by atoms with Crippen LogP contribution in [0.2, 0.25) is 0 Å². The Kier molecular flexibility index (Phi) is 9.34. The van der Waals surface area contributed by atoms with Crippen LogP contribution in [0.3, 0.4) is 0 Å². The fourth-order valence-corrected chi connectivity index (χ4v) is 1.41. The lowest BCUT2D eigenvalue weighted by atomic mass is 10.3. The summed E-state index contributed by atoms with van der Waals surface area (Å²) in [6.07, 6.45) is 2.52. The molecule has 2 rings (SSSR count). The number of halogens is 1. The molecule has 0 N–H and O–H groups in total. The summed E-state index contributed by atoms with van der Waals surface area (Å²) in [5, 5.41) is 15.9. The van der Waals surface area contributed by atoms with Crippen LogP contribution in [0.15, 0.2) is 12.7 Å². The molecule has 0 atom stereocenters. The van der Waals surface area contributed by atoms with Crippen molar-refractivity contribution in [1.29, 1.82) is 5.26 Å². The topological polar surface area (TPSA) is 85.2 Å². The zero-order chi connectivity index (χ0) is 17.1. The van der Waals surface area contributed by atoms with Gasteiger partial charge >= 0.3 is 6.08 Å². The molecular formula is C14H24FN7. The van der Waals surface area contributed by atoms with Gasteiger partial charge in [0.1, 0.15) is 18.5 Å². The van der Waals surface area contributed by atoms with Crippen molar-refractivity contribution in [2.75, 3.05) is 0 Å². The van der Waals surface area contributed by atoms with E-state index in [0.717, 1.165) is 5.82 Å². The van der Waals surface area contributed by atoms with Crippen LogP contribution in [0, 0.1) is 17.4 Å². The smallest absolute Gasteiger partial charge is 0.248 e. The van der Waals surface area contributed by atoms with E-state index < -0.39 is 6.08 Å². The summed E-state index contributed by atoms with van der Waals surface area (Å²) in [5.41, 5.74) is 0. The predicted molar refractivity (Wildman–Crippen MR) is 81.4 cm³/mol. The van der Waals surface area contributed by atoms with Crippen LogP contribution in [0.1, 0.15) is 59.5 Å². The van der Waals surface area contributed by atoms with Gasteiger partial charge in [-0.15, -0.1) is 5.10 Å². The third-order valence-electron chi connectivity index (χ3n) is 2.38. The lowest BCUT2D eigenvalue weighted by Gasteiger charge is -2.05. The molecule has 0 saturated heterocycles. The molecule has 0 amide bonds. The number of nitrogens with zero attached hydrogens (tertiary/aromatic N) is 7. The highest BCUT2D eigenvalue weighted by molar-refractivity contribution is 4.95. The second kappa shape index (κ2) is 10.4. The Morgan fingerprint density at radius 2 is 1.82 bits per heavy atom. The van der Waals surface area contributed by atoms with Crippen molar-refractivity contribution in [2.24, 2.45) is 0 Å². The first-order chi connectivity index (χ1) is 10.5. The summed E-state index contributed by atoms with van der Waals surface area (Å²) in [5.74, 6) is 0.738. The summed E-state index contributed by atoms with van der Waals surface area (Å²) >= 11 is 0. The number of rotatable bonds is 3. The standard InChI is InChI=1S/C7H10N4.C5H8FN3.C2H6/c1-6(2)11-7(3-4-8)9-5-10-11;1-4(2)9-3-7-5(6)8-9;1-2/h5-6H,3H2,1-2H3;3-4H,1-2H3;1-2H3. The van der Waals surface area contributed by atoms with Gasteiger partial charge in [-0.05, 0) is 27.7 Å².